The molecule has 0 unspecified atom stereocenters. The molecule has 1 aromatic carbocycles. The van der Waals surface area contributed by atoms with Crippen molar-refractivity contribution in [3.05, 3.63) is 30.1 Å². The van der Waals surface area contributed by atoms with Gasteiger partial charge in [-0.15, -0.1) is 0 Å². The lowest BCUT2D eigenvalue weighted by atomic mass is 10.1. The van der Waals surface area contributed by atoms with E-state index in [1.165, 1.54) is 4.31 Å². The van der Waals surface area contributed by atoms with Gasteiger partial charge in [-0.05, 0) is 31.9 Å². The lowest BCUT2D eigenvalue weighted by molar-refractivity contribution is 0.248. The summed E-state index contributed by atoms with van der Waals surface area (Å²) in [6, 6.07) is 7.77. The molecule has 1 aliphatic rings. The third kappa shape index (κ3) is 2.88. The van der Waals surface area contributed by atoms with Gasteiger partial charge in [0.15, 0.2) is 0 Å². The number of nitrogens with one attached hydrogen (secondary N) is 1. The summed E-state index contributed by atoms with van der Waals surface area (Å²) in [5.41, 5.74) is 1.78. The number of piperidine rings is 1. The number of aromatic amines is 1. The van der Waals surface area contributed by atoms with E-state index in [1.807, 2.05) is 31.2 Å². The number of hydrogen-bond donors (Lipinski definition) is 1. The first-order valence-corrected chi connectivity index (χ1v) is 9.05. The van der Waals surface area contributed by atoms with Crippen molar-refractivity contribution in [3.8, 4) is 0 Å². The molecule has 1 N–H and O–H groups in total. The number of imidazole rings is 1. The van der Waals surface area contributed by atoms with Crippen LogP contribution in [0, 0.1) is 0 Å². The van der Waals surface area contributed by atoms with Crippen LogP contribution in [-0.2, 0) is 16.8 Å². The van der Waals surface area contributed by atoms with Crippen molar-refractivity contribution in [2.75, 3.05) is 13.6 Å². The van der Waals surface area contributed by atoms with Crippen LogP contribution >= 0.6 is 0 Å². The quantitative estimate of drug-likeness (QED) is 0.937. The fourth-order valence-corrected chi connectivity index (χ4v) is 4.53. The molecule has 0 saturated carbocycles. The van der Waals surface area contributed by atoms with Crippen molar-refractivity contribution in [2.24, 2.45) is 0 Å². The Bertz CT molecular complexity index is 723. The highest BCUT2D eigenvalue weighted by Gasteiger charge is 2.33. The summed E-state index contributed by atoms with van der Waals surface area (Å²) in [6.45, 7) is 2.83. The van der Waals surface area contributed by atoms with Gasteiger partial charge in [0.2, 0.25) is 0 Å². The molecule has 1 aromatic heterocycles. The molecule has 3 rings (SSSR count). The van der Waals surface area contributed by atoms with Crippen LogP contribution in [0.15, 0.2) is 24.3 Å². The minimum Gasteiger partial charge on any atom is -0.341 e. The molecule has 2 aromatic rings. The zero-order valence-corrected chi connectivity index (χ0v) is 13.8. The standard InChI is InChI=1S/C15H22N4O2S/c1-12-7-5-6-10-19(12)22(20,21)18(2)11-15-16-13-8-3-4-9-14(13)17-15/h3-4,8-9,12H,5-7,10-11H2,1-2H3,(H,16,17)/t12-/m0/s1. The summed E-state index contributed by atoms with van der Waals surface area (Å²) < 4.78 is 28.4. The number of para-hydroxylation sites is 2. The summed E-state index contributed by atoms with van der Waals surface area (Å²) in [7, 11) is -1.83. The van der Waals surface area contributed by atoms with Crippen LogP contribution in [0.25, 0.3) is 11.0 Å². The molecule has 22 heavy (non-hydrogen) atoms. The van der Waals surface area contributed by atoms with Crippen molar-refractivity contribution >= 4 is 21.2 Å². The number of rotatable bonds is 4. The van der Waals surface area contributed by atoms with Crippen LogP contribution in [-0.4, -0.2) is 46.6 Å². The monoisotopic (exact) mass is 322 g/mol. The van der Waals surface area contributed by atoms with Gasteiger partial charge < -0.3 is 4.98 Å². The second-order valence-electron chi connectivity index (χ2n) is 5.92. The molecule has 7 heteroatoms. The average molecular weight is 322 g/mol. The lowest BCUT2D eigenvalue weighted by Gasteiger charge is -2.34. The van der Waals surface area contributed by atoms with E-state index in [0.29, 0.717) is 12.4 Å². The maximum atomic E-state index is 12.7. The van der Waals surface area contributed by atoms with Gasteiger partial charge >= 0.3 is 0 Å². The van der Waals surface area contributed by atoms with Crippen LogP contribution in [0.4, 0.5) is 0 Å². The zero-order valence-electron chi connectivity index (χ0n) is 13.0. The molecule has 0 bridgehead atoms. The maximum absolute atomic E-state index is 12.7. The molecular formula is C15H22N4O2S. The Morgan fingerprint density at radius 1 is 1.36 bits per heavy atom. The molecule has 0 radical (unpaired) electrons. The Morgan fingerprint density at radius 2 is 2.14 bits per heavy atom. The predicted molar refractivity (Wildman–Crippen MR) is 86.5 cm³/mol. The second kappa shape index (κ2) is 5.98. The molecule has 120 valence electrons. The Hall–Kier alpha value is -1.44. The van der Waals surface area contributed by atoms with Crippen LogP contribution in [0.3, 0.4) is 0 Å². The summed E-state index contributed by atoms with van der Waals surface area (Å²) >= 11 is 0. The van der Waals surface area contributed by atoms with E-state index in [2.05, 4.69) is 9.97 Å². The van der Waals surface area contributed by atoms with E-state index in [0.717, 1.165) is 30.3 Å². The molecular weight excluding hydrogens is 300 g/mol. The Balaban J connectivity index is 1.79. The number of aromatic nitrogens is 2. The van der Waals surface area contributed by atoms with Crippen molar-refractivity contribution in [3.63, 3.8) is 0 Å². The summed E-state index contributed by atoms with van der Waals surface area (Å²) in [4.78, 5) is 7.63. The van der Waals surface area contributed by atoms with Gasteiger partial charge in [-0.3, -0.25) is 0 Å². The minimum absolute atomic E-state index is 0.0665. The van der Waals surface area contributed by atoms with E-state index in [4.69, 9.17) is 0 Å². The van der Waals surface area contributed by atoms with Crippen molar-refractivity contribution < 1.29 is 8.42 Å². The SMILES string of the molecule is C[C@H]1CCCCN1S(=O)(=O)N(C)Cc1nc2ccccc2[nH]1. The van der Waals surface area contributed by atoms with Gasteiger partial charge in [0.25, 0.3) is 10.2 Å². The number of H-pyrrole nitrogens is 1. The van der Waals surface area contributed by atoms with Gasteiger partial charge in [0, 0.05) is 19.6 Å². The minimum atomic E-state index is -3.44. The molecule has 1 fully saturated rings. The molecule has 1 aliphatic heterocycles. The first-order chi connectivity index (χ1) is 10.5. The molecule has 0 spiro atoms. The first-order valence-electron chi connectivity index (χ1n) is 7.65. The summed E-state index contributed by atoms with van der Waals surface area (Å²) in [6.07, 6.45) is 2.96. The highest BCUT2D eigenvalue weighted by atomic mass is 32.2. The second-order valence-corrected chi connectivity index (χ2v) is 7.91. The van der Waals surface area contributed by atoms with Gasteiger partial charge in [-0.2, -0.15) is 17.0 Å². The van der Waals surface area contributed by atoms with Gasteiger partial charge in [-0.1, -0.05) is 18.6 Å². The van der Waals surface area contributed by atoms with Gasteiger partial charge in [-0.25, -0.2) is 4.98 Å². The van der Waals surface area contributed by atoms with E-state index < -0.39 is 10.2 Å². The van der Waals surface area contributed by atoms with Crippen LogP contribution in [0.5, 0.6) is 0 Å². The first kappa shape index (κ1) is 15.5. The molecule has 0 aliphatic carbocycles. The maximum Gasteiger partial charge on any atom is 0.282 e. The smallest absolute Gasteiger partial charge is 0.282 e. The highest BCUT2D eigenvalue weighted by molar-refractivity contribution is 7.86. The molecule has 1 atom stereocenters. The largest absolute Gasteiger partial charge is 0.341 e. The fraction of sp³-hybridized carbons (Fsp3) is 0.533. The van der Waals surface area contributed by atoms with Crippen LogP contribution in [0.2, 0.25) is 0 Å². The Kier molecular flexibility index (Phi) is 4.20. The van der Waals surface area contributed by atoms with Crippen molar-refractivity contribution in [2.45, 2.75) is 38.8 Å². The number of benzene rings is 1. The third-order valence-electron chi connectivity index (χ3n) is 4.24. The number of nitrogens with zero attached hydrogens (tertiary/aromatic N) is 3. The molecule has 2 heterocycles. The van der Waals surface area contributed by atoms with E-state index >= 15 is 0 Å². The summed E-state index contributed by atoms with van der Waals surface area (Å²) in [5, 5.41) is 0. The molecule has 0 amide bonds. The Morgan fingerprint density at radius 3 is 2.86 bits per heavy atom. The van der Waals surface area contributed by atoms with Crippen LogP contribution < -0.4 is 0 Å². The normalized spacial score (nSPS) is 20.8. The van der Waals surface area contributed by atoms with Crippen LogP contribution in [0.1, 0.15) is 32.0 Å². The Labute approximate surface area is 131 Å². The number of fused-ring (bicyclic) bond motifs is 1. The van der Waals surface area contributed by atoms with Crippen molar-refractivity contribution in [1.82, 2.24) is 18.6 Å². The predicted octanol–water partition coefficient (Wildman–Crippen LogP) is 2.11. The average Bonchev–Trinajstić information content (AvgIpc) is 2.89. The zero-order chi connectivity index (χ0) is 15.7. The van der Waals surface area contributed by atoms with E-state index in [-0.39, 0.29) is 12.6 Å². The van der Waals surface area contributed by atoms with Gasteiger partial charge in [0.05, 0.1) is 17.6 Å². The van der Waals surface area contributed by atoms with Crippen molar-refractivity contribution in [1.29, 1.82) is 0 Å². The lowest BCUT2D eigenvalue weighted by Crippen LogP contribution is -2.48. The highest BCUT2D eigenvalue weighted by Crippen LogP contribution is 2.22. The third-order valence-corrected chi connectivity index (χ3v) is 6.30. The number of hydrogen-bond acceptors (Lipinski definition) is 3. The fourth-order valence-electron chi connectivity index (χ4n) is 2.97. The topological polar surface area (TPSA) is 69.3 Å². The van der Waals surface area contributed by atoms with Gasteiger partial charge in [0.1, 0.15) is 5.82 Å². The van der Waals surface area contributed by atoms with E-state index in [1.54, 1.807) is 11.4 Å². The van der Waals surface area contributed by atoms with E-state index in [9.17, 15) is 8.42 Å². The molecule has 1 saturated heterocycles. The molecule has 6 nitrogen and oxygen atoms in total. The summed E-state index contributed by atoms with van der Waals surface area (Å²) in [5.74, 6) is 0.664.